The van der Waals surface area contributed by atoms with Gasteiger partial charge in [0.25, 0.3) is 0 Å². The monoisotopic (exact) mass is 487 g/mol. The van der Waals surface area contributed by atoms with Gasteiger partial charge < -0.3 is 15.4 Å². The Labute approximate surface area is 199 Å². The molecule has 0 fully saturated rings. The zero-order valence-electron chi connectivity index (χ0n) is 18.9. The molecule has 1 amide bonds. The Morgan fingerprint density at radius 3 is 2.39 bits per heavy atom. The summed E-state index contributed by atoms with van der Waals surface area (Å²) in [5, 5.41) is 8.08. The molecule has 0 aliphatic heterocycles. The largest absolute Gasteiger partial charge is 0.495 e. The van der Waals surface area contributed by atoms with E-state index in [0.29, 0.717) is 24.5 Å². The molecule has 3 rings (SSSR count). The van der Waals surface area contributed by atoms with Crippen molar-refractivity contribution >= 4 is 33.0 Å². The van der Waals surface area contributed by atoms with E-state index in [1.54, 1.807) is 31.3 Å². The summed E-state index contributed by atoms with van der Waals surface area (Å²) in [6.45, 7) is 4.30. The van der Waals surface area contributed by atoms with Crippen LogP contribution in [0, 0.1) is 0 Å². The van der Waals surface area contributed by atoms with Crippen LogP contribution in [-0.2, 0) is 14.8 Å². The Hall–Kier alpha value is -2.88. The van der Waals surface area contributed by atoms with Gasteiger partial charge in [-0.05, 0) is 35.2 Å². The maximum absolute atomic E-state index is 12.9. The minimum atomic E-state index is -3.63. The number of nitrogens with one attached hydrogen (secondary N) is 2. The first-order valence-corrected chi connectivity index (χ1v) is 13.0. The lowest BCUT2D eigenvalue weighted by molar-refractivity contribution is -0.119. The van der Waals surface area contributed by atoms with Crippen LogP contribution in [0.3, 0.4) is 0 Å². The highest BCUT2D eigenvalue weighted by molar-refractivity contribution is 7.89. The van der Waals surface area contributed by atoms with Crippen molar-refractivity contribution in [1.82, 2.24) is 9.62 Å². The minimum Gasteiger partial charge on any atom is -0.495 e. The Bertz CT molecular complexity index is 1150. The normalized spacial score (nSPS) is 12.4. The van der Waals surface area contributed by atoms with E-state index in [-0.39, 0.29) is 23.4 Å². The molecule has 1 aromatic heterocycles. The summed E-state index contributed by atoms with van der Waals surface area (Å²) in [4.78, 5) is 14.0. The number of amides is 1. The molecular weight excluding hydrogens is 458 g/mol. The second-order valence-corrected chi connectivity index (χ2v) is 10.1. The quantitative estimate of drug-likeness (QED) is 0.425. The molecule has 0 radical (unpaired) electrons. The van der Waals surface area contributed by atoms with Crippen LogP contribution in [0.5, 0.6) is 5.75 Å². The molecule has 3 aromatic rings. The number of nitrogens with zero attached hydrogens (tertiary/aromatic N) is 1. The molecule has 0 spiro atoms. The van der Waals surface area contributed by atoms with Gasteiger partial charge in [0.1, 0.15) is 5.75 Å². The summed E-state index contributed by atoms with van der Waals surface area (Å²) in [6, 6.07) is 18.0. The zero-order chi connectivity index (χ0) is 23.8. The number of hydrogen-bond acceptors (Lipinski definition) is 6. The summed E-state index contributed by atoms with van der Waals surface area (Å²) in [6.07, 6.45) is 0. The van der Waals surface area contributed by atoms with Gasteiger partial charge in [-0.2, -0.15) is 4.31 Å². The molecule has 0 saturated heterocycles. The van der Waals surface area contributed by atoms with Crippen molar-refractivity contribution in [2.45, 2.75) is 24.8 Å². The molecule has 0 bridgehead atoms. The fourth-order valence-electron chi connectivity index (χ4n) is 3.51. The molecule has 1 unspecified atom stereocenters. The van der Waals surface area contributed by atoms with Crippen molar-refractivity contribution in [3.63, 3.8) is 0 Å². The van der Waals surface area contributed by atoms with Gasteiger partial charge in [0, 0.05) is 18.0 Å². The number of methoxy groups -OCH3 is 1. The molecule has 33 heavy (non-hydrogen) atoms. The van der Waals surface area contributed by atoms with Gasteiger partial charge in [-0.25, -0.2) is 8.42 Å². The Morgan fingerprint density at radius 2 is 1.79 bits per heavy atom. The Morgan fingerprint density at radius 1 is 1.06 bits per heavy atom. The van der Waals surface area contributed by atoms with Gasteiger partial charge in [0.05, 0.1) is 30.3 Å². The molecule has 1 atom stereocenters. The first-order chi connectivity index (χ1) is 15.9. The SMILES string of the molecule is CCN(CC)S(=O)(=O)c1ccc(OC)c(NCC(=O)NC(c2ccccc2)c2cccs2)c1. The average molecular weight is 488 g/mol. The number of hydrogen-bond donors (Lipinski definition) is 2. The van der Waals surface area contributed by atoms with Crippen molar-refractivity contribution in [3.8, 4) is 5.75 Å². The van der Waals surface area contributed by atoms with Crippen LogP contribution in [0.15, 0.2) is 70.9 Å². The number of rotatable bonds is 11. The van der Waals surface area contributed by atoms with Gasteiger partial charge in [-0.15, -0.1) is 11.3 Å². The maximum Gasteiger partial charge on any atom is 0.243 e. The summed E-state index contributed by atoms with van der Waals surface area (Å²) in [7, 11) is -2.13. The fraction of sp³-hybridized carbons (Fsp3) is 0.292. The molecule has 2 aromatic carbocycles. The summed E-state index contributed by atoms with van der Waals surface area (Å²) in [5.74, 6) is 0.232. The Kier molecular flexibility index (Phi) is 8.49. The van der Waals surface area contributed by atoms with E-state index < -0.39 is 10.0 Å². The third-order valence-electron chi connectivity index (χ3n) is 5.22. The van der Waals surface area contributed by atoms with Gasteiger partial charge in [0.2, 0.25) is 15.9 Å². The van der Waals surface area contributed by atoms with E-state index in [9.17, 15) is 13.2 Å². The first kappa shape index (κ1) is 24.8. The predicted octanol–water partition coefficient (Wildman–Crippen LogP) is 4.10. The van der Waals surface area contributed by atoms with Gasteiger partial charge in [-0.3, -0.25) is 4.79 Å². The molecule has 0 aliphatic rings. The average Bonchev–Trinajstić information content (AvgIpc) is 3.37. The predicted molar refractivity (Wildman–Crippen MR) is 132 cm³/mol. The van der Waals surface area contributed by atoms with Gasteiger partial charge >= 0.3 is 0 Å². The number of carbonyl (C=O) groups is 1. The molecular formula is C24H29N3O4S2. The van der Waals surface area contributed by atoms with Gasteiger partial charge in [0.15, 0.2) is 0 Å². The molecule has 2 N–H and O–H groups in total. The second kappa shape index (κ2) is 11.3. The van der Waals surface area contributed by atoms with E-state index >= 15 is 0 Å². The van der Waals surface area contributed by atoms with Crippen LogP contribution in [0.2, 0.25) is 0 Å². The van der Waals surface area contributed by atoms with Crippen LogP contribution in [0.25, 0.3) is 0 Å². The van der Waals surface area contributed by atoms with E-state index in [4.69, 9.17) is 4.74 Å². The number of benzene rings is 2. The third kappa shape index (κ3) is 5.93. The maximum atomic E-state index is 12.9. The molecule has 9 heteroatoms. The molecule has 1 heterocycles. The fourth-order valence-corrected chi connectivity index (χ4v) is 5.79. The standard InChI is InChI=1S/C24H29N3O4S2/c1-4-27(5-2)33(29,30)19-13-14-21(31-3)20(16-19)25-17-23(28)26-24(22-12-9-15-32-22)18-10-7-6-8-11-18/h6-16,24-25H,4-5,17H2,1-3H3,(H,26,28). The van der Waals surface area contributed by atoms with Crippen molar-refractivity contribution in [2.75, 3.05) is 32.1 Å². The summed E-state index contributed by atoms with van der Waals surface area (Å²) in [5.41, 5.74) is 1.42. The minimum absolute atomic E-state index is 0.0418. The highest BCUT2D eigenvalue weighted by Crippen LogP contribution is 2.29. The number of sulfonamides is 1. The lowest BCUT2D eigenvalue weighted by Crippen LogP contribution is -2.33. The molecule has 0 saturated carbocycles. The van der Waals surface area contributed by atoms with Crippen molar-refractivity contribution in [1.29, 1.82) is 0 Å². The second-order valence-electron chi connectivity index (χ2n) is 7.23. The number of ether oxygens (including phenoxy) is 1. The zero-order valence-corrected chi connectivity index (χ0v) is 20.6. The van der Waals surface area contributed by atoms with E-state index in [2.05, 4.69) is 10.6 Å². The first-order valence-electron chi connectivity index (χ1n) is 10.7. The number of thiophene rings is 1. The van der Waals surface area contributed by atoms with Crippen LogP contribution >= 0.6 is 11.3 Å². The topological polar surface area (TPSA) is 87.7 Å². The summed E-state index contributed by atoms with van der Waals surface area (Å²) < 4.78 is 32.5. The van der Waals surface area contributed by atoms with Crippen molar-refractivity contribution in [2.24, 2.45) is 0 Å². The number of anilines is 1. The van der Waals surface area contributed by atoms with Crippen LogP contribution in [0.4, 0.5) is 5.69 Å². The Balaban J connectivity index is 1.77. The third-order valence-corrected chi connectivity index (χ3v) is 8.20. The lowest BCUT2D eigenvalue weighted by Gasteiger charge is -2.20. The lowest BCUT2D eigenvalue weighted by atomic mass is 10.1. The molecule has 176 valence electrons. The van der Waals surface area contributed by atoms with Gasteiger partial charge in [-0.1, -0.05) is 50.2 Å². The van der Waals surface area contributed by atoms with E-state index in [0.717, 1.165) is 10.4 Å². The highest BCUT2D eigenvalue weighted by atomic mass is 32.2. The molecule has 0 aliphatic carbocycles. The van der Waals surface area contributed by atoms with E-state index in [1.165, 1.54) is 23.5 Å². The molecule has 7 nitrogen and oxygen atoms in total. The van der Waals surface area contributed by atoms with Crippen LogP contribution in [-0.4, -0.2) is 45.4 Å². The number of carbonyl (C=O) groups excluding carboxylic acids is 1. The smallest absolute Gasteiger partial charge is 0.243 e. The van der Waals surface area contributed by atoms with Crippen LogP contribution < -0.4 is 15.4 Å². The highest BCUT2D eigenvalue weighted by Gasteiger charge is 2.23. The van der Waals surface area contributed by atoms with E-state index in [1.807, 2.05) is 47.8 Å². The van der Waals surface area contributed by atoms with Crippen LogP contribution in [0.1, 0.15) is 30.3 Å². The summed E-state index contributed by atoms with van der Waals surface area (Å²) >= 11 is 1.57. The van der Waals surface area contributed by atoms with Crippen molar-refractivity contribution < 1.29 is 17.9 Å². The van der Waals surface area contributed by atoms with Crippen molar-refractivity contribution in [3.05, 3.63) is 76.5 Å².